The van der Waals surface area contributed by atoms with Crippen LogP contribution in [0.2, 0.25) is 0 Å². The van der Waals surface area contributed by atoms with Crippen LogP contribution in [0.5, 0.6) is 11.8 Å². The molecule has 0 spiro atoms. The van der Waals surface area contributed by atoms with Crippen LogP contribution in [-0.2, 0) is 0 Å². The van der Waals surface area contributed by atoms with Crippen molar-refractivity contribution in [3.05, 3.63) is 23.8 Å². The van der Waals surface area contributed by atoms with E-state index >= 15 is 0 Å². The predicted octanol–water partition coefficient (Wildman–Crippen LogP) is 2.02. The summed E-state index contributed by atoms with van der Waals surface area (Å²) in [6.07, 6.45) is 8.88. The number of ether oxygens (including phenoxy) is 1. The van der Waals surface area contributed by atoms with E-state index in [0.29, 0.717) is 11.6 Å². The molecule has 8 nitrogen and oxygen atoms in total. The Labute approximate surface area is 132 Å². The molecule has 0 aromatic carbocycles. The lowest BCUT2D eigenvalue weighted by Gasteiger charge is -2.15. The smallest absolute Gasteiger partial charge is 0.359 e. The quantitative estimate of drug-likeness (QED) is 0.833. The van der Waals surface area contributed by atoms with E-state index in [2.05, 4.69) is 37.2 Å². The van der Waals surface area contributed by atoms with Crippen LogP contribution in [0, 0.1) is 17.8 Å². The summed E-state index contributed by atoms with van der Waals surface area (Å²) in [6, 6.07) is 0. The van der Waals surface area contributed by atoms with Crippen LogP contribution in [0.3, 0.4) is 0 Å². The van der Waals surface area contributed by atoms with Crippen molar-refractivity contribution in [2.45, 2.75) is 32.1 Å². The first-order valence-corrected chi connectivity index (χ1v) is 7.38. The van der Waals surface area contributed by atoms with E-state index in [1.165, 1.54) is 25.5 Å². The number of nitrogens with one attached hydrogen (secondary N) is 1. The molecule has 1 aliphatic rings. The second-order valence-corrected chi connectivity index (χ2v) is 5.25. The third kappa shape index (κ3) is 3.83. The molecule has 1 fully saturated rings. The highest BCUT2D eigenvalue weighted by Gasteiger charge is 2.17. The molecule has 2 aromatic heterocycles. The number of carboxylic acids is 1. The molecular formula is C15H15N5O3. The highest BCUT2D eigenvalue weighted by atomic mass is 16.5. The van der Waals surface area contributed by atoms with Crippen molar-refractivity contribution in [2.24, 2.45) is 5.92 Å². The second-order valence-electron chi connectivity index (χ2n) is 5.25. The second kappa shape index (κ2) is 6.87. The Bertz CT molecular complexity index is 756. The Morgan fingerprint density at radius 3 is 2.91 bits per heavy atom. The number of hydrogen-bond donors (Lipinski definition) is 2. The van der Waals surface area contributed by atoms with E-state index in [4.69, 9.17) is 9.84 Å². The van der Waals surface area contributed by atoms with Crippen molar-refractivity contribution in [1.82, 2.24) is 25.4 Å². The first-order valence-electron chi connectivity index (χ1n) is 7.38. The summed E-state index contributed by atoms with van der Waals surface area (Å²) in [4.78, 5) is 19.2. The van der Waals surface area contributed by atoms with Crippen molar-refractivity contribution in [2.75, 3.05) is 0 Å². The number of aromatic nitrogens is 5. The third-order valence-electron chi connectivity index (χ3n) is 3.55. The van der Waals surface area contributed by atoms with Crippen LogP contribution >= 0.6 is 0 Å². The van der Waals surface area contributed by atoms with Gasteiger partial charge in [-0.25, -0.2) is 14.9 Å². The van der Waals surface area contributed by atoms with E-state index in [9.17, 15) is 4.79 Å². The van der Waals surface area contributed by atoms with Gasteiger partial charge in [0.15, 0.2) is 0 Å². The molecule has 1 saturated carbocycles. The molecule has 0 radical (unpaired) electrons. The summed E-state index contributed by atoms with van der Waals surface area (Å²) >= 11 is 0. The first-order chi connectivity index (χ1) is 11.2. The topological polar surface area (TPSA) is 114 Å². The van der Waals surface area contributed by atoms with Gasteiger partial charge in [-0.05, 0) is 18.8 Å². The predicted molar refractivity (Wildman–Crippen MR) is 78.9 cm³/mol. The van der Waals surface area contributed by atoms with Crippen molar-refractivity contribution >= 4 is 5.97 Å². The van der Waals surface area contributed by atoms with Crippen LogP contribution in [0.25, 0.3) is 0 Å². The number of aromatic carboxylic acids is 1. The molecule has 2 N–H and O–H groups in total. The monoisotopic (exact) mass is 313 g/mol. The minimum Gasteiger partial charge on any atom is -0.476 e. The Balaban J connectivity index is 1.73. The molecule has 23 heavy (non-hydrogen) atoms. The zero-order valence-corrected chi connectivity index (χ0v) is 12.3. The molecular weight excluding hydrogens is 298 g/mol. The molecule has 0 amide bonds. The summed E-state index contributed by atoms with van der Waals surface area (Å²) < 4.78 is 5.32. The maximum absolute atomic E-state index is 11.0. The van der Waals surface area contributed by atoms with Crippen molar-refractivity contribution < 1.29 is 14.6 Å². The molecule has 0 aliphatic heterocycles. The van der Waals surface area contributed by atoms with E-state index < -0.39 is 5.97 Å². The van der Waals surface area contributed by atoms with Crippen molar-refractivity contribution in [3.63, 3.8) is 0 Å². The molecule has 8 heteroatoms. The number of hydrogen-bond acceptors (Lipinski definition) is 6. The maximum Gasteiger partial charge on any atom is 0.359 e. The summed E-state index contributed by atoms with van der Waals surface area (Å²) in [5.74, 6) is 5.37. The number of carboxylic acid groups (broad SMARTS) is 1. The van der Waals surface area contributed by atoms with Gasteiger partial charge in [0.05, 0.1) is 12.4 Å². The minimum atomic E-state index is -1.22. The van der Waals surface area contributed by atoms with E-state index in [0.717, 1.165) is 12.8 Å². The Morgan fingerprint density at radius 2 is 2.13 bits per heavy atom. The average molecular weight is 313 g/mol. The van der Waals surface area contributed by atoms with Crippen LogP contribution in [-0.4, -0.2) is 36.5 Å². The average Bonchev–Trinajstić information content (AvgIpc) is 3.03. The first kappa shape index (κ1) is 15.0. The number of H-pyrrole nitrogens is 1. The molecule has 118 valence electrons. The summed E-state index contributed by atoms with van der Waals surface area (Å²) in [5.41, 5.74) is 0.235. The van der Waals surface area contributed by atoms with Gasteiger partial charge in [0.25, 0.3) is 5.88 Å². The highest BCUT2D eigenvalue weighted by molar-refractivity contribution is 5.87. The third-order valence-corrected chi connectivity index (χ3v) is 3.55. The fourth-order valence-corrected chi connectivity index (χ4v) is 2.41. The summed E-state index contributed by atoms with van der Waals surface area (Å²) in [5, 5.41) is 18.2. The van der Waals surface area contributed by atoms with Crippen molar-refractivity contribution in [1.29, 1.82) is 0 Å². The van der Waals surface area contributed by atoms with Gasteiger partial charge in [0.2, 0.25) is 11.6 Å². The van der Waals surface area contributed by atoms with Gasteiger partial charge in [0.1, 0.15) is 5.69 Å². The SMILES string of the molecule is O=C(O)c1[nH]nnc1Oc1cncc(C#CC2CCCCC2)n1. The molecule has 0 atom stereocenters. The normalized spacial score (nSPS) is 14.8. The Morgan fingerprint density at radius 1 is 1.30 bits per heavy atom. The molecule has 0 saturated heterocycles. The van der Waals surface area contributed by atoms with Gasteiger partial charge in [-0.2, -0.15) is 0 Å². The molecule has 2 heterocycles. The largest absolute Gasteiger partial charge is 0.476 e. The maximum atomic E-state index is 11.0. The lowest BCUT2D eigenvalue weighted by atomic mass is 9.90. The Kier molecular flexibility index (Phi) is 4.47. The zero-order chi connectivity index (χ0) is 16.1. The molecule has 3 rings (SSSR count). The van der Waals surface area contributed by atoms with Gasteiger partial charge in [-0.1, -0.05) is 35.5 Å². The van der Waals surface area contributed by atoms with Gasteiger partial charge >= 0.3 is 5.97 Å². The molecule has 1 aliphatic carbocycles. The van der Waals surface area contributed by atoms with E-state index in [1.807, 2.05) is 0 Å². The number of aromatic amines is 1. The number of rotatable bonds is 3. The lowest BCUT2D eigenvalue weighted by molar-refractivity contribution is 0.0687. The Hall–Kier alpha value is -2.95. The van der Waals surface area contributed by atoms with Gasteiger partial charge in [-0.15, -0.1) is 0 Å². The molecule has 2 aromatic rings. The van der Waals surface area contributed by atoms with Crippen molar-refractivity contribution in [3.8, 4) is 23.6 Å². The van der Waals surface area contributed by atoms with Crippen LogP contribution in [0.15, 0.2) is 12.4 Å². The fourth-order valence-electron chi connectivity index (χ4n) is 2.41. The van der Waals surface area contributed by atoms with Gasteiger partial charge < -0.3 is 9.84 Å². The summed E-state index contributed by atoms with van der Waals surface area (Å²) in [6.45, 7) is 0. The van der Waals surface area contributed by atoms with Crippen LogP contribution < -0.4 is 4.74 Å². The van der Waals surface area contributed by atoms with Gasteiger partial charge in [-0.3, -0.25) is 4.98 Å². The standard InChI is InChI=1S/C15H15N5O3/c21-15(22)13-14(19-20-18-13)23-12-9-16-8-11(17-12)7-6-10-4-2-1-3-5-10/h8-10H,1-5H2,(H,21,22)(H,18,19,20). The van der Waals surface area contributed by atoms with E-state index in [1.54, 1.807) is 6.20 Å². The van der Waals surface area contributed by atoms with Crippen LogP contribution in [0.4, 0.5) is 0 Å². The van der Waals surface area contributed by atoms with Crippen LogP contribution in [0.1, 0.15) is 48.3 Å². The van der Waals surface area contributed by atoms with Gasteiger partial charge in [0, 0.05) is 5.92 Å². The number of carbonyl (C=O) groups is 1. The fraction of sp³-hybridized carbons (Fsp3) is 0.400. The lowest BCUT2D eigenvalue weighted by Crippen LogP contribution is -2.03. The molecule has 0 bridgehead atoms. The highest BCUT2D eigenvalue weighted by Crippen LogP contribution is 2.23. The number of nitrogens with zero attached hydrogens (tertiary/aromatic N) is 4. The van der Waals surface area contributed by atoms with E-state index in [-0.39, 0.29) is 17.5 Å². The summed E-state index contributed by atoms with van der Waals surface area (Å²) in [7, 11) is 0. The zero-order valence-electron chi connectivity index (χ0n) is 12.3. The minimum absolute atomic E-state index is 0.122. The molecule has 0 unspecified atom stereocenters.